The summed E-state index contributed by atoms with van der Waals surface area (Å²) in [7, 11) is 0. The van der Waals surface area contributed by atoms with Gasteiger partial charge in [0, 0.05) is 23.8 Å². The van der Waals surface area contributed by atoms with Gasteiger partial charge in [-0.2, -0.15) is 0 Å². The van der Waals surface area contributed by atoms with Gasteiger partial charge in [0.25, 0.3) is 0 Å². The Bertz CT molecular complexity index is 504. The normalized spacial score (nSPS) is 24.5. The van der Waals surface area contributed by atoms with Crippen LogP contribution in [-0.2, 0) is 4.79 Å². The molecular formula is C14H19ClN2O2. The van der Waals surface area contributed by atoms with Crippen molar-refractivity contribution in [3.05, 3.63) is 28.8 Å². The molecule has 2 rings (SSSR count). The summed E-state index contributed by atoms with van der Waals surface area (Å²) in [4.78, 5) is 13.5. The first kappa shape index (κ1) is 14.2. The second-order valence-corrected chi connectivity index (χ2v) is 5.89. The number of rotatable bonds is 3. The number of anilines is 1. The van der Waals surface area contributed by atoms with Crippen LogP contribution in [0.25, 0.3) is 0 Å². The van der Waals surface area contributed by atoms with Gasteiger partial charge in [-0.15, -0.1) is 0 Å². The van der Waals surface area contributed by atoms with E-state index in [1.807, 2.05) is 25.1 Å². The van der Waals surface area contributed by atoms with Crippen molar-refractivity contribution < 1.29 is 9.90 Å². The number of carbonyl (C=O) groups excluding carboxylic acids is 1. The van der Waals surface area contributed by atoms with E-state index in [-0.39, 0.29) is 5.91 Å². The predicted octanol–water partition coefficient (Wildman–Crippen LogP) is 2.09. The van der Waals surface area contributed by atoms with E-state index in [1.165, 1.54) is 0 Å². The summed E-state index contributed by atoms with van der Waals surface area (Å²) < 4.78 is 0. The molecule has 0 saturated carbocycles. The van der Waals surface area contributed by atoms with Gasteiger partial charge in [-0.3, -0.25) is 4.79 Å². The number of hydrogen-bond acceptors (Lipinski definition) is 3. The number of amides is 1. The van der Waals surface area contributed by atoms with E-state index in [9.17, 15) is 9.90 Å². The van der Waals surface area contributed by atoms with Gasteiger partial charge in [-0.25, -0.2) is 0 Å². The van der Waals surface area contributed by atoms with Crippen LogP contribution in [0.4, 0.5) is 5.69 Å². The molecule has 1 aromatic rings. The molecule has 1 fully saturated rings. The van der Waals surface area contributed by atoms with Crippen molar-refractivity contribution in [3.63, 3.8) is 0 Å². The van der Waals surface area contributed by atoms with Crippen LogP contribution < -0.4 is 10.6 Å². The molecule has 1 heterocycles. The Morgan fingerprint density at radius 3 is 2.74 bits per heavy atom. The highest BCUT2D eigenvalue weighted by Gasteiger charge is 2.38. The maximum absolute atomic E-state index is 11.4. The average molecular weight is 283 g/mol. The molecule has 1 aliphatic rings. The second kappa shape index (κ2) is 5.02. The van der Waals surface area contributed by atoms with Crippen LogP contribution in [0.5, 0.6) is 0 Å². The first-order valence-electron chi connectivity index (χ1n) is 6.36. The highest BCUT2D eigenvalue weighted by atomic mass is 35.5. The first-order chi connectivity index (χ1) is 8.83. The third-order valence-corrected chi connectivity index (χ3v) is 4.19. The van der Waals surface area contributed by atoms with Gasteiger partial charge in [-0.05, 0) is 38.0 Å². The van der Waals surface area contributed by atoms with Crippen molar-refractivity contribution in [1.82, 2.24) is 0 Å². The molecule has 1 aromatic carbocycles. The third kappa shape index (κ3) is 2.69. The summed E-state index contributed by atoms with van der Waals surface area (Å²) in [6, 6.07) is 5.57. The SMILES string of the molecule is CC(O)c1ccc(N2CCC(C)(C(N)=O)C2)cc1Cl. The summed E-state index contributed by atoms with van der Waals surface area (Å²) >= 11 is 6.16. The zero-order chi connectivity index (χ0) is 14.2. The van der Waals surface area contributed by atoms with Crippen LogP contribution in [-0.4, -0.2) is 24.1 Å². The minimum atomic E-state index is -0.587. The molecule has 0 spiro atoms. The Balaban J connectivity index is 2.21. The minimum absolute atomic E-state index is 0.262. The second-order valence-electron chi connectivity index (χ2n) is 5.48. The molecule has 5 heteroatoms. The molecule has 0 aliphatic carbocycles. The zero-order valence-electron chi connectivity index (χ0n) is 11.2. The van der Waals surface area contributed by atoms with Crippen LogP contribution in [0.3, 0.4) is 0 Å². The van der Waals surface area contributed by atoms with E-state index < -0.39 is 11.5 Å². The molecule has 0 radical (unpaired) electrons. The number of halogens is 1. The lowest BCUT2D eigenvalue weighted by atomic mass is 9.89. The van der Waals surface area contributed by atoms with Gasteiger partial charge >= 0.3 is 0 Å². The maximum Gasteiger partial charge on any atom is 0.225 e. The lowest BCUT2D eigenvalue weighted by Gasteiger charge is -2.23. The third-order valence-electron chi connectivity index (χ3n) is 3.87. The van der Waals surface area contributed by atoms with Crippen LogP contribution in [0, 0.1) is 5.41 Å². The number of aliphatic hydroxyl groups excluding tert-OH is 1. The molecule has 0 aromatic heterocycles. The van der Waals surface area contributed by atoms with Crippen molar-refractivity contribution in [3.8, 4) is 0 Å². The smallest absolute Gasteiger partial charge is 0.225 e. The predicted molar refractivity (Wildman–Crippen MR) is 76.2 cm³/mol. The van der Waals surface area contributed by atoms with Gasteiger partial charge in [0.05, 0.1) is 11.5 Å². The standard InChI is InChI=1S/C14H19ClN2O2/c1-9(18)11-4-3-10(7-12(11)15)17-6-5-14(2,8-17)13(16)19/h3-4,7,9,18H,5-6,8H2,1-2H3,(H2,16,19). The van der Waals surface area contributed by atoms with E-state index in [2.05, 4.69) is 4.90 Å². The fourth-order valence-electron chi connectivity index (χ4n) is 2.43. The summed E-state index contributed by atoms with van der Waals surface area (Å²) in [6.45, 7) is 4.96. The summed E-state index contributed by atoms with van der Waals surface area (Å²) in [6.07, 6.45) is 0.161. The first-order valence-corrected chi connectivity index (χ1v) is 6.74. The van der Waals surface area contributed by atoms with Crippen LogP contribution in [0.15, 0.2) is 18.2 Å². The Kier molecular flexibility index (Phi) is 3.74. The molecule has 0 bridgehead atoms. The van der Waals surface area contributed by atoms with Crippen molar-refractivity contribution in [2.45, 2.75) is 26.4 Å². The number of aliphatic hydroxyl groups is 1. The van der Waals surface area contributed by atoms with Crippen molar-refractivity contribution >= 4 is 23.2 Å². The van der Waals surface area contributed by atoms with Gasteiger partial charge in [-0.1, -0.05) is 17.7 Å². The Morgan fingerprint density at radius 1 is 1.58 bits per heavy atom. The summed E-state index contributed by atoms with van der Waals surface area (Å²) in [5.74, 6) is -0.262. The molecule has 19 heavy (non-hydrogen) atoms. The maximum atomic E-state index is 11.4. The number of nitrogens with two attached hydrogens (primary N) is 1. The lowest BCUT2D eigenvalue weighted by Crippen LogP contribution is -2.37. The van der Waals surface area contributed by atoms with Crippen LogP contribution in [0.2, 0.25) is 5.02 Å². The van der Waals surface area contributed by atoms with Crippen molar-refractivity contribution in [2.24, 2.45) is 11.1 Å². The lowest BCUT2D eigenvalue weighted by molar-refractivity contribution is -0.125. The largest absolute Gasteiger partial charge is 0.389 e. The summed E-state index contributed by atoms with van der Waals surface area (Å²) in [5, 5.41) is 10.1. The molecule has 2 atom stereocenters. The van der Waals surface area contributed by atoms with E-state index in [0.717, 1.165) is 18.7 Å². The van der Waals surface area contributed by atoms with Crippen LogP contribution in [0.1, 0.15) is 31.9 Å². The number of primary amides is 1. The van der Waals surface area contributed by atoms with Gasteiger partial charge in [0.15, 0.2) is 0 Å². The fraction of sp³-hybridized carbons (Fsp3) is 0.500. The molecule has 2 unspecified atom stereocenters. The highest BCUT2D eigenvalue weighted by Crippen LogP contribution is 2.35. The van der Waals surface area contributed by atoms with Crippen molar-refractivity contribution in [2.75, 3.05) is 18.0 Å². The molecule has 1 aliphatic heterocycles. The Morgan fingerprint density at radius 2 is 2.26 bits per heavy atom. The van der Waals surface area contributed by atoms with Gasteiger partial charge in [0.2, 0.25) is 5.91 Å². The quantitative estimate of drug-likeness (QED) is 0.892. The van der Waals surface area contributed by atoms with Crippen molar-refractivity contribution in [1.29, 1.82) is 0 Å². The zero-order valence-corrected chi connectivity index (χ0v) is 11.9. The average Bonchev–Trinajstić information content (AvgIpc) is 2.73. The molecule has 104 valence electrons. The monoisotopic (exact) mass is 282 g/mol. The molecular weight excluding hydrogens is 264 g/mol. The van der Waals surface area contributed by atoms with E-state index in [0.29, 0.717) is 17.1 Å². The number of carbonyl (C=O) groups is 1. The van der Waals surface area contributed by atoms with E-state index >= 15 is 0 Å². The van der Waals surface area contributed by atoms with Crippen LogP contribution >= 0.6 is 11.6 Å². The Hall–Kier alpha value is -1.26. The summed E-state index contributed by atoms with van der Waals surface area (Å²) in [5.41, 5.74) is 6.63. The molecule has 1 saturated heterocycles. The van der Waals surface area contributed by atoms with E-state index in [1.54, 1.807) is 6.92 Å². The molecule has 1 amide bonds. The number of nitrogens with zero attached hydrogens (tertiary/aromatic N) is 1. The van der Waals surface area contributed by atoms with Gasteiger partial charge in [0.1, 0.15) is 0 Å². The highest BCUT2D eigenvalue weighted by molar-refractivity contribution is 6.31. The van der Waals surface area contributed by atoms with Gasteiger partial charge < -0.3 is 15.7 Å². The topological polar surface area (TPSA) is 66.6 Å². The molecule has 4 nitrogen and oxygen atoms in total. The Labute approximate surface area is 118 Å². The minimum Gasteiger partial charge on any atom is -0.389 e. The number of benzene rings is 1. The fourth-order valence-corrected chi connectivity index (χ4v) is 2.77. The number of hydrogen-bond donors (Lipinski definition) is 2. The van der Waals surface area contributed by atoms with E-state index in [4.69, 9.17) is 17.3 Å². The molecule has 3 N–H and O–H groups in total.